The third kappa shape index (κ3) is 6.65. The number of ether oxygens (including phenoxy) is 2. The molecule has 8 heteroatoms. The first-order valence-electron chi connectivity index (χ1n) is 9.32. The van der Waals surface area contributed by atoms with Gasteiger partial charge in [0.25, 0.3) is 0 Å². The Kier molecular flexibility index (Phi) is 7.21. The molecule has 0 radical (unpaired) electrons. The molecule has 0 bridgehead atoms. The zero-order valence-electron chi connectivity index (χ0n) is 16.8. The number of piperidine rings is 1. The number of alkyl halides is 2. The topological polar surface area (TPSA) is 59.1 Å². The lowest BCUT2D eigenvalue weighted by Crippen LogP contribution is -2.45. The summed E-state index contributed by atoms with van der Waals surface area (Å²) in [7, 11) is 1.71. The van der Waals surface area contributed by atoms with Crippen LogP contribution in [0.25, 0.3) is 0 Å². The minimum atomic E-state index is -2.86. The lowest BCUT2D eigenvalue weighted by atomic mass is 9.95. The molecule has 6 nitrogen and oxygen atoms in total. The summed E-state index contributed by atoms with van der Waals surface area (Å²) in [6.07, 6.45) is 0.825. The van der Waals surface area contributed by atoms with Crippen LogP contribution in [0.5, 0.6) is 5.75 Å². The van der Waals surface area contributed by atoms with E-state index in [2.05, 4.69) is 4.74 Å². The van der Waals surface area contributed by atoms with Gasteiger partial charge in [-0.3, -0.25) is 4.79 Å². The van der Waals surface area contributed by atoms with Crippen LogP contribution in [0.1, 0.15) is 39.2 Å². The van der Waals surface area contributed by atoms with Crippen molar-refractivity contribution in [1.82, 2.24) is 9.80 Å². The fourth-order valence-corrected chi connectivity index (χ4v) is 3.08. The molecule has 0 N–H and O–H groups in total. The molecule has 2 amide bonds. The predicted molar refractivity (Wildman–Crippen MR) is 100 cm³/mol. The van der Waals surface area contributed by atoms with Crippen LogP contribution < -0.4 is 4.74 Å². The van der Waals surface area contributed by atoms with Crippen molar-refractivity contribution in [2.75, 3.05) is 20.1 Å². The van der Waals surface area contributed by atoms with Crippen LogP contribution in [0.4, 0.5) is 13.6 Å². The summed E-state index contributed by atoms with van der Waals surface area (Å²) in [6.45, 7) is 3.95. The minimum Gasteiger partial charge on any atom is -0.444 e. The van der Waals surface area contributed by atoms with Gasteiger partial charge in [-0.05, 0) is 51.3 Å². The average molecular weight is 398 g/mol. The van der Waals surface area contributed by atoms with Crippen LogP contribution in [0.15, 0.2) is 24.3 Å². The summed E-state index contributed by atoms with van der Waals surface area (Å²) in [4.78, 5) is 28.1. The fraction of sp³-hybridized carbons (Fsp3) is 0.600. The van der Waals surface area contributed by atoms with E-state index in [0.29, 0.717) is 32.5 Å². The molecule has 0 aromatic heterocycles. The SMILES string of the molecule is CN(Cc1ccc(OC(F)F)cc1)C(=O)C1CCN(C(=O)OC(C)(C)C)CC1. The van der Waals surface area contributed by atoms with E-state index in [1.807, 2.05) is 20.8 Å². The van der Waals surface area contributed by atoms with Gasteiger partial charge in [-0.15, -0.1) is 0 Å². The highest BCUT2D eigenvalue weighted by molar-refractivity contribution is 5.79. The monoisotopic (exact) mass is 398 g/mol. The van der Waals surface area contributed by atoms with Crippen LogP contribution in [-0.4, -0.2) is 54.1 Å². The first-order valence-corrected chi connectivity index (χ1v) is 9.32. The smallest absolute Gasteiger partial charge is 0.410 e. The Morgan fingerprint density at radius 2 is 1.75 bits per heavy atom. The van der Waals surface area contributed by atoms with Gasteiger partial charge in [0, 0.05) is 32.6 Å². The molecule has 156 valence electrons. The van der Waals surface area contributed by atoms with E-state index in [0.717, 1.165) is 5.56 Å². The lowest BCUT2D eigenvalue weighted by Gasteiger charge is -2.34. The van der Waals surface area contributed by atoms with E-state index >= 15 is 0 Å². The number of hydrogen-bond donors (Lipinski definition) is 0. The molecule has 1 aliphatic rings. The standard InChI is InChI=1S/C20H28F2N2O4/c1-20(2,3)28-19(26)24-11-9-15(10-12-24)17(25)23(4)13-14-5-7-16(8-6-14)27-18(21)22/h5-8,15,18H,9-13H2,1-4H3. The number of likely N-dealkylation sites (tertiary alicyclic amines) is 1. The van der Waals surface area contributed by atoms with Gasteiger partial charge >= 0.3 is 12.7 Å². The van der Waals surface area contributed by atoms with Crippen LogP contribution in [0.3, 0.4) is 0 Å². The Hall–Kier alpha value is -2.38. The van der Waals surface area contributed by atoms with Crippen molar-refractivity contribution < 1.29 is 27.8 Å². The van der Waals surface area contributed by atoms with Crippen LogP contribution in [0.2, 0.25) is 0 Å². The van der Waals surface area contributed by atoms with Gasteiger partial charge in [0.1, 0.15) is 11.4 Å². The van der Waals surface area contributed by atoms with E-state index in [1.165, 1.54) is 12.1 Å². The van der Waals surface area contributed by atoms with Gasteiger partial charge in [-0.1, -0.05) is 12.1 Å². The molecule has 2 rings (SSSR count). The second kappa shape index (κ2) is 9.21. The number of carbonyl (C=O) groups is 2. The van der Waals surface area contributed by atoms with Crippen molar-refractivity contribution in [1.29, 1.82) is 0 Å². The highest BCUT2D eigenvalue weighted by atomic mass is 19.3. The van der Waals surface area contributed by atoms with Gasteiger partial charge in [0.15, 0.2) is 0 Å². The predicted octanol–water partition coefficient (Wildman–Crippen LogP) is 3.89. The highest BCUT2D eigenvalue weighted by Gasteiger charge is 2.31. The summed E-state index contributed by atoms with van der Waals surface area (Å²) >= 11 is 0. The maximum atomic E-state index is 12.7. The van der Waals surface area contributed by atoms with Gasteiger partial charge < -0.3 is 19.3 Å². The van der Waals surface area contributed by atoms with Gasteiger partial charge in [0.05, 0.1) is 0 Å². The quantitative estimate of drug-likeness (QED) is 0.755. The summed E-state index contributed by atoms with van der Waals surface area (Å²) < 4.78 is 34.1. The van der Waals surface area contributed by atoms with E-state index < -0.39 is 12.2 Å². The van der Waals surface area contributed by atoms with Crippen molar-refractivity contribution in [3.05, 3.63) is 29.8 Å². The Labute approximate surface area is 164 Å². The zero-order chi connectivity index (χ0) is 20.9. The first kappa shape index (κ1) is 21.9. The van der Waals surface area contributed by atoms with Crippen LogP contribution >= 0.6 is 0 Å². The van der Waals surface area contributed by atoms with Crippen molar-refractivity contribution in [3.8, 4) is 5.75 Å². The number of halogens is 2. The number of carbonyl (C=O) groups excluding carboxylic acids is 2. The number of benzene rings is 1. The van der Waals surface area contributed by atoms with E-state index in [9.17, 15) is 18.4 Å². The molecule has 1 heterocycles. The average Bonchev–Trinajstić information content (AvgIpc) is 2.61. The number of amides is 2. The molecule has 1 aromatic carbocycles. The first-order chi connectivity index (χ1) is 13.0. The van der Waals surface area contributed by atoms with Gasteiger partial charge in [-0.25, -0.2) is 4.79 Å². The maximum absolute atomic E-state index is 12.7. The van der Waals surface area contributed by atoms with Crippen molar-refractivity contribution in [3.63, 3.8) is 0 Å². The molecule has 0 aliphatic carbocycles. The minimum absolute atomic E-state index is 0.0109. The van der Waals surface area contributed by atoms with Crippen LogP contribution in [-0.2, 0) is 16.1 Å². The Morgan fingerprint density at radius 3 is 2.25 bits per heavy atom. The summed E-state index contributed by atoms with van der Waals surface area (Å²) in [5.74, 6) is -0.0517. The Balaban J connectivity index is 1.83. The summed E-state index contributed by atoms with van der Waals surface area (Å²) in [5, 5.41) is 0. The van der Waals surface area contributed by atoms with E-state index in [-0.39, 0.29) is 23.7 Å². The molecule has 0 unspecified atom stereocenters. The third-order valence-electron chi connectivity index (χ3n) is 4.44. The van der Waals surface area contributed by atoms with Crippen molar-refractivity contribution >= 4 is 12.0 Å². The van der Waals surface area contributed by atoms with Crippen LogP contribution in [0, 0.1) is 5.92 Å². The van der Waals surface area contributed by atoms with Crippen molar-refractivity contribution in [2.24, 2.45) is 5.92 Å². The van der Waals surface area contributed by atoms with Gasteiger partial charge in [0.2, 0.25) is 5.91 Å². The normalized spacial score (nSPS) is 15.5. The molecule has 0 atom stereocenters. The second-order valence-corrected chi connectivity index (χ2v) is 7.96. The number of rotatable bonds is 5. The number of hydrogen-bond acceptors (Lipinski definition) is 4. The molecular weight excluding hydrogens is 370 g/mol. The molecule has 1 fully saturated rings. The molecule has 0 saturated carbocycles. The molecule has 28 heavy (non-hydrogen) atoms. The van der Waals surface area contributed by atoms with E-state index in [4.69, 9.17) is 4.74 Å². The third-order valence-corrected chi connectivity index (χ3v) is 4.44. The highest BCUT2D eigenvalue weighted by Crippen LogP contribution is 2.22. The summed E-state index contributed by atoms with van der Waals surface area (Å²) in [5.41, 5.74) is 0.281. The zero-order valence-corrected chi connectivity index (χ0v) is 16.8. The largest absolute Gasteiger partial charge is 0.444 e. The number of nitrogens with zero attached hydrogens (tertiary/aromatic N) is 2. The Morgan fingerprint density at radius 1 is 1.18 bits per heavy atom. The second-order valence-electron chi connectivity index (χ2n) is 7.96. The molecule has 0 spiro atoms. The van der Waals surface area contributed by atoms with E-state index in [1.54, 1.807) is 29.0 Å². The molecule has 1 aromatic rings. The molecular formula is C20H28F2N2O4. The molecule has 1 saturated heterocycles. The lowest BCUT2D eigenvalue weighted by molar-refractivity contribution is -0.136. The molecule has 1 aliphatic heterocycles. The Bertz CT molecular complexity index is 666. The van der Waals surface area contributed by atoms with Crippen molar-refractivity contribution in [2.45, 2.75) is 52.4 Å². The fourth-order valence-electron chi connectivity index (χ4n) is 3.08. The van der Waals surface area contributed by atoms with Gasteiger partial charge in [-0.2, -0.15) is 8.78 Å². The summed E-state index contributed by atoms with van der Waals surface area (Å²) in [6, 6.07) is 6.23. The maximum Gasteiger partial charge on any atom is 0.410 e.